The van der Waals surface area contributed by atoms with E-state index in [1.54, 1.807) is 24.3 Å². The van der Waals surface area contributed by atoms with Gasteiger partial charge in [-0.15, -0.1) is 0 Å². The minimum Gasteiger partial charge on any atom is -0.459 e. The Morgan fingerprint density at radius 3 is 2.54 bits per heavy atom. The van der Waals surface area contributed by atoms with E-state index in [1.807, 2.05) is 36.4 Å². The van der Waals surface area contributed by atoms with Crippen LogP contribution in [-0.4, -0.2) is 15.6 Å². The number of benzene rings is 2. The zero-order chi connectivity index (χ0) is 17.9. The number of nitrogens with zero attached hydrogens (tertiary/aromatic N) is 2. The lowest BCUT2D eigenvalue weighted by Gasteiger charge is -2.14. The van der Waals surface area contributed by atoms with Crippen LogP contribution >= 0.6 is 0 Å². The highest BCUT2D eigenvalue weighted by atomic mass is 16.3. The smallest absolute Gasteiger partial charge is 0.305 e. The molecule has 2 aromatic carbocycles. The fraction of sp³-hybridized carbons (Fsp3) is 0.0500. The molecule has 4 aromatic rings. The molecule has 2 heterocycles. The van der Waals surface area contributed by atoms with Gasteiger partial charge in [-0.05, 0) is 29.8 Å². The van der Waals surface area contributed by atoms with E-state index in [4.69, 9.17) is 4.42 Å². The van der Waals surface area contributed by atoms with Gasteiger partial charge in [0.1, 0.15) is 5.82 Å². The number of furan rings is 1. The minimum atomic E-state index is -0.511. The van der Waals surface area contributed by atoms with Gasteiger partial charge in [-0.1, -0.05) is 42.5 Å². The number of carbonyl (C=O) groups excluding carboxylic acids is 1. The van der Waals surface area contributed by atoms with Crippen LogP contribution in [0.3, 0.4) is 0 Å². The third kappa shape index (κ3) is 3.00. The van der Waals surface area contributed by atoms with Gasteiger partial charge in [0.2, 0.25) is 0 Å². The molecule has 0 fully saturated rings. The zero-order valence-electron chi connectivity index (χ0n) is 13.8. The number of carbonyl (C=O) groups is 1. The van der Waals surface area contributed by atoms with Crippen molar-refractivity contribution in [3.8, 4) is 0 Å². The molecule has 1 N–H and O–H groups in total. The fourth-order valence-electron chi connectivity index (χ4n) is 2.76. The SMILES string of the molecule is O=C(Nn1c(Cc2ccccc2)nc2ccccc2c1=O)c1ccco1. The average Bonchev–Trinajstić information content (AvgIpc) is 3.20. The molecule has 26 heavy (non-hydrogen) atoms. The van der Waals surface area contributed by atoms with Gasteiger partial charge < -0.3 is 4.42 Å². The summed E-state index contributed by atoms with van der Waals surface area (Å²) < 4.78 is 6.30. The number of amides is 1. The quantitative estimate of drug-likeness (QED) is 0.617. The third-order valence-electron chi connectivity index (χ3n) is 4.01. The molecule has 0 unspecified atom stereocenters. The first-order valence-electron chi connectivity index (χ1n) is 8.12. The van der Waals surface area contributed by atoms with Gasteiger partial charge in [-0.3, -0.25) is 15.0 Å². The molecule has 128 valence electrons. The predicted molar refractivity (Wildman–Crippen MR) is 97.7 cm³/mol. The molecule has 0 aliphatic carbocycles. The lowest BCUT2D eigenvalue weighted by atomic mass is 10.1. The Labute approximate surface area is 148 Å². The summed E-state index contributed by atoms with van der Waals surface area (Å²) in [5.41, 5.74) is 3.84. The lowest BCUT2D eigenvalue weighted by molar-refractivity contribution is 0.0980. The molecule has 0 bridgehead atoms. The second kappa shape index (κ2) is 6.68. The van der Waals surface area contributed by atoms with Crippen LogP contribution in [0.4, 0.5) is 0 Å². The van der Waals surface area contributed by atoms with Gasteiger partial charge in [0.15, 0.2) is 5.76 Å². The van der Waals surface area contributed by atoms with Crippen LogP contribution in [0.25, 0.3) is 10.9 Å². The summed E-state index contributed by atoms with van der Waals surface area (Å²) in [6, 6.07) is 19.8. The summed E-state index contributed by atoms with van der Waals surface area (Å²) in [5.74, 6) is 0.0546. The molecular formula is C20H15N3O3. The van der Waals surface area contributed by atoms with Gasteiger partial charge in [0.25, 0.3) is 5.56 Å². The van der Waals surface area contributed by atoms with E-state index in [-0.39, 0.29) is 11.3 Å². The standard InChI is InChI=1S/C20H15N3O3/c24-19(17-11-6-12-26-17)22-23-18(13-14-7-2-1-3-8-14)21-16-10-5-4-9-15(16)20(23)25/h1-12H,13H2,(H,22,24). The van der Waals surface area contributed by atoms with E-state index in [0.29, 0.717) is 23.1 Å². The third-order valence-corrected chi connectivity index (χ3v) is 4.01. The van der Waals surface area contributed by atoms with Crippen molar-refractivity contribution >= 4 is 16.8 Å². The van der Waals surface area contributed by atoms with Crippen LogP contribution in [-0.2, 0) is 6.42 Å². The minimum absolute atomic E-state index is 0.121. The molecule has 2 aromatic heterocycles. The Kier molecular flexibility index (Phi) is 4.07. The van der Waals surface area contributed by atoms with E-state index in [2.05, 4.69) is 10.4 Å². The van der Waals surface area contributed by atoms with Gasteiger partial charge in [-0.2, -0.15) is 0 Å². The highest BCUT2D eigenvalue weighted by molar-refractivity contribution is 5.97. The number of hydrogen-bond acceptors (Lipinski definition) is 4. The van der Waals surface area contributed by atoms with Crippen molar-refractivity contribution in [2.24, 2.45) is 0 Å². The van der Waals surface area contributed by atoms with Crippen molar-refractivity contribution in [1.29, 1.82) is 0 Å². The van der Waals surface area contributed by atoms with Crippen LogP contribution in [0, 0.1) is 0 Å². The number of hydrogen-bond donors (Lipinski definition) is 1. The second-order valence-electron chi connectivity index (χ2n) is 5.77. The van der Waals surface area contributed by atoms with E-state index < -0.39 is 5.91 Å². The van der Waals surface area contributed by atoms with Crippen LogP contribution in [0.5, 0.6) is 0 Å². The Bertz CT molecular complexity index is 1120. The van der Waals surface area contributed by atoms with Crippen LogP contribution in [0.1, 0.15) is 21.9 Å². The molecule has 0 saturated carbocycles. The molecule has 6 heteroatoms. The van der Waals surface area contributed by atoms with E-state index in [0.717, 1.165) is 5.56 Å². The number of aromatic nitrogens is 2. The maximum atomic E-state index is 12.9. The maximum absolute atomic E-state index is 12.9. The summed E-state index contributed by atoms with van der Waals surface area (Å²) in [4.78, 5) is 29.9. The summed E-state index contributed by atoms with van der Waals surface area (Å²) in [6.07, 6.45) is 1.81. The second-order valence-corrected chi connectivity index (χ2v) is 5.77. The molecule has 0 atom stereocenters. The van der Waals surface area contributed by atoms with Crippen LogP contribution in [0.15, 0.2) is 82.2 Å². The Morgan fingerprint density at radius 1 is 1.00 bits per heavy atom. The predicted octanol–water partition coefficient (Wildman–Crippen LogP) is 2.96. The Morgan fingerprint density at radius 2 is 1.77 bits per heavy atom. The van der Waals surface area contributed by atoms with Gasteiger partial charge in [0, 0.05) is 6.42 Å². The topological polar surface area (TPSA) is 77.1 Å². The zero-order valence-corrected chi connectivity index (χ0v) is 13.8. The first-order valence-corrected chi connectivity index (χ1v) is 8.12. The van der Waals surface area contributed by atoms with E-state index >= 15 is 0 Å². The number of para-hydroxylation sites is 1. The Balaban J connectivity index is 1.82. The van der Waals surface area contributed by atoms with Crippen molar-refractivity contribution in [2.45, 2.75) is 6.42 Å². The Hall–Kier alpha value is -3.67. The molecular weight excluding hydrogens is 330 g/mol. The molecule has 4 rings (SSSR count). The maximum Gasteiger partial charge on any atom is 0.305 e. The molecule has 0 aliphatic heterocycles. The van der Waals surface area contributed by atoms with E-state index in [1.165, 1.54) is 17.0 Å². The lowest BCUT2D eigenvalue weighted by Crippen LogP contribution is -2.36. The molecule has 0 aliphatic rings. The van der Waals surface area contributed by atoms with Crippen molar-refractivity contribution in [3.63, 3.8) is 0 Å². The monoisotopic (exact) mass is 345 g/mol. The number of nitrogens with one attached hydrogen (secondary N) is 1. The molecule has 0 spiro atoms. The summed E-state index contributed by atoms with van der Waals surface area (Å²) >= 11 is 0. The van der Waals surface area contributed by atoms with Gasteiger partial charge >= 0.3 is 5.91 Å². The van der Waals surface area contributed by atoms with Crippen LogP contribution < -0.4 is 11.0 Å². The molecule has 1 amide bonds. The molecule has 0 radical (unpaired) electrons. The van der Waals surface area contributed by atoms with Crippen molar-refractivity contribution < 1.29 is 9.21 Å². The molecule has 0 saturated heterocycles. The van der Waals surface area contributed by atoms with Crippen LogP contribution in [0.2, 0.25) is 0 Å². The average molecular weight is 345 g/mol. The van der Waals surface area contributed by atoms with E-state index in [9.17, 15) is 9.59 Å². The highest BCUT2D eigenvalue weighted by Crippen LogP contribution is 2.11. The number of rotatable bonds is 4. The largest absolute Gasteiger partial charge is 0.459 e. The summed E-state index contributed by atoms with van der Waals surface area (Å²) in [7, 11) is 0. The van der Waals surface area contributed by atoms with Gasteiger partial charge in [0.05, 0.1) is 17.2 Å². The normalized spacial score (nSPS) is 10.8. The highest BCUT2D eigenvalue weighted by Gasteiger charge is 2.16. The van der Waals surface area contributed by atoms with Gasteiger partial charge in [-0.25, -0.2) is 9.66 Å². The first kappa shape index (κ1) is 15.8. The van der Waals surface area contributed by atoms with Crippen molar-refractivity contribution in [3.05, 3.63) is 100 Å². The fourth-order valence-corrected chi connectivity index (χ4v) is 2.76. The summed E-state index contributed by atoms with van der Waals surface area (Å²) in [6.45, 7) is 0. The first-order chi connectivity index (χ1) is 12.7. The number of fused-ring (bicyclic) bond motifs is 1. The molecule has 6 nitrogen and oxygen atoms in total. The van der Waals surface area contributed by atoms with Crippen molar-refractivity contribution in [1.82, 2.24) is 9.66 Å². The van der Waals surface area contributed by atoms with Crippen molar-refractivity contribution in [2.75, 3.05) is 5.43 Å². The summed E-state index contributed by atoms with van der Waals surface area (Å²) in [5, 5.41) is 0.434.